The van der Waals surface area contributed by atoms with Gasteiger partial charge in [-0.05, 0) is 65.0 Å². The minimum absolute atomic E-state index is 0.0587. The molecule has 7 rings (SSSR count). The van der Waals surface area contributed by atoms with Gasteiger partial charge < -0.3 is 14.8 Å². The van der Waals surface area contributed by atoms with Crippen molar-refractivity contribution in [3.8, 4) is 5.75 Å². The molecule has 5 nitrogen and oxygen atoms in total. The van der Waals surface area contributed by atoms with Crippen molar-refractivity contribution >= 4 is 40.1 Å². The summed E-state index contributed by atoms with van der Waals surface area (Å²) in [5, 5.41) is 5.47. The Morgan fingerprint density at radius 3 is 2.62 bits per heavy atom. The molecule has 5 heteroatoms. The van der Waals surface area contributed by atoms with Crippen molar-refractivity contribution in [1.82, 2.24) is 0 Å². The molecule has 0 amide bonds. The zero-order chi connectivity index (χ0) is 29.0. The van der Waals surface area contributed by atoms with Crippen LogP contribution in [0.25, 0.3) is 16.8 Å². The lowest BCUT2D eigenvalue weighted by Gasteiger charge is -2.41. The van der Waals surface area contributed by atoms with Gasteiger partial charge in [0.15, 0.2) is 0 Å². The highest BCUT2D eigenvalue weighted by Gasteiger charge is 2.52. The third-order valence-electron chi connectivity index (χ3n) is 8.71. The summed E-state index contributed by atoms with van der Waals surface area (Å²) in [6, 6.07) is 28.3. The molecule has 0 aromatic heterocycles. The van der Waals surface area contributed by atoms with E-state index in [0.29, 0.717) is 30.7 Å². The van der Waals surface area contributed by atoms with Crippen molar-refractivity contribution < 1.29 is 14.3 Å². The molecule has 1 N–H and O–H groups in total. The zero-order valence-electron chi connectivity index (χ0n) is 24.0. The molecule has 42 heavy (non-hydrogen) atoms. The number of hydrogen-bond acceptors (Lipinski definition) is 5. The highest BCUT2D eigenvalue weighted by atomic mass is 16.6. The monoisotopic (exact) mass is 554 g/mol. The Kier molecular flexibility index (Phi) is 6.09. The molecule has 0 bridgehead atoms. The first-order valence-electron chi connectivity index (χ1n) is 14.6. The van der Waals surface area contributed by atoms with E-state index >= 15 is 0 Å². The van der Waals surface area contributed by atoms with E-state index in [-0.39, 0.29) is 17.3 Å². The number of allylic oxidation sites excluding steroid dienone is 1. The van der Waals surface area contributed by atoms with Gasteiger partial charge in [-0.15, -0.1) is 0 Å². The van der Waals surface area contributed by atoms with Gasteiger partial charge in [0, 0.05) is 17.5 Å². The van der Waals surface area contributed by atoms with Gasteiger partial charge in [-0.25, -0.2) is 4.99 Å². The normalized spacial score (nSPS) is 23.3. The first-order valence-corrected chi connectivity index (χ1v) is 14.6. The molecule has 0 fully saturated rings. The highest BCUT2D eigenvalue weighted by molar-refractivity contribution is 6.06. The molecule has 4 aromatic rings. The largest absolute Gasteiger partial charge is 0.456 e. The Hall–Kier alpha value is -4.64. The van der Waals surface area contributed by atoms with E-state index < -0.39 is 11.1 Å². The van der Waals surface area contributed by atoms with Crippen LogP contribution in [0.3, 0.4) is 0 Å². The third kappa shape index (κ3) is 4.50. The van der Waals surface area contributed by atoms with E-state index in [1.54, 1.807) is 0 Å². The maximum atomic E-state index is 14.5. The summed E-state index contributed by atoms with van der Waals surface area (Å²) < 4.78 is 13.3. The molecule has 0 radical (unpaired) electrons. The second-order valence-corrected chi connectivity index (χ2v) is 12.6. The fourth-order valence-corrected chi connectivity index (χ4v) is 6.74. The topological polar surface area (TPSA) is 59.9 Å². The van der Waals surface area contributed by atoms with Crippen LogP contribution < -0.4 is 10.1 Å². The fourth-order valence-electron chi connectivity index (χ4n) is 6.74. The number of esters is 1. The van der Waals surface area contributed by atoms with Crippen molar-refractivity contribution in [1.29, 1.82) is 0 Å². The molecule has 2 heterocycles. The fraction of sp³-hybridized carbons (Fsp3) is 0.243. The second kappa shape index (κ2) is 9.73. The van der Waals surface area contributed by atoms with E-state index in [0.717, 1.165) is 39.6 Å². The summed E-state index contributed by atoms with van der Waals surface area (Å²) in [6.45, 7) is 8.36. The number of carbonyl (C=O) groups excluding carboxylic acids is 1. The number of aliphatic imine (C=N–C) groups is 1. The third-order valence-corrected chi connectivity index (χ3v) is 8.71. The smallest absolute Gasteiger partial charge is 0.322 e. The van der Waals surface area contributed by atoms with Crippen LogP contribution in [-0.4, -0.2) is 17.6 Å². The Morgan fingerprint density at radius 2 is 1.83 bits per heavy atom. The Bertz CT molecular complexity index is 1760. The van der Waals surface area contributed by atoms with Crippen molar-refractivity contribution in [2.45, 2.75) is 45.3 Å². The quantitative estimate of drug-likeness (QED) is 0.203. The number of nitrogens with zero attached hydrogens (tertiary/aromatic N) is 1. The van der Waals surface area contributed by atoms with Crippen LogP contribution in [0.4, 0.5) is 11.4 Å². The van der Waals surface area contributed by atoms with E-state index in [1.807, 2.05) is 72.8 Å². The molecular formula is C37H34N2O3. The van der Waals surface area contributed by atoms with Gasteiger partial charge in [-0.2, -0.15) is 0 Å². The molecule has 2 unspecified atom stereocenters. The van der Waals surface area contributed by atoms with Gasteiger partial charge in [0.2, 0.25) is 0 Å². The van der Waals surface area contributed by atoms with Crippen LogP contribution in [0, 0.1) is 10.8 Å². The lowest BCUT2D eigenvalue weighted by atomic mass is 9.65. The van der Waals surface area contributed by atoms with Gasteiger partial charge in [0.05, 0.1) is 5.41 Å². The van der Waals surface area contributed by atoms with Crippen molar-refractivity contribution in [3.05, 3.63) is 120 Å². The Labute approximate surface area is 246 Å². The zero-order valence-corrected chi connectivity index (χ0v) is 24.0. The molecular weight excluding hydrogens is 520 g/mol. The van der Waals surface area contributed by atoms with Crippen LogP contribution in [0.1, 0.15) is 43.4 Å². The summed E-state index contributed by atoms with van der Waals surface area (Å²) in [5.74, 6) is 0.559. The number of hydrogen-bond donors (Lipinski definition) is 1. The SMILES string of the molecule is C=Cc1ccc2ccc3c(c2c1)N=C(OC(=O)C1(Cc2ccccc2)C=CCC(C)(C)C1)C1(Cc2ccccc2N1)O3. The van der Waals surface area contributed by atoms with E-state index in [1.165, 1.54) is 0 Å². The molecule has 2 aliphatic heterocycles. The summed E-state index contributed by atoms with van der Waals surface area (Å²) in [7, 11) is 0. The predicted molar refractivity (Wildman–Crippen MR) is 169 cm³/mol. The van der Waals surface area contributed by atoms with Gasteiger partial charge >= 0.3 is 5.97 Å². The lowest BCUT2D eigenvalue weighted by molar-refractivity contribution is -0.147. The average molecular weight is 555 g/mol. The molecule has 210 valence electrons. The van der Waals surface area contributed by atoms with Crippen molar-refractivity contribution in [3.63, 3.8) is 0 Å². The summed E-state index contributed by atoms with van der Waals surface area (Å²) in [5.41, 5.74) is 2.70. The molecule has 1 spiro atoms. The van der Waals surface area contributed by atoms with Gasteiger partial charge in [0.1, 0.15) is 11.4 Å². The Balaban J connectivity index is 1.35. The predicted octanol–water partition coefficient (Wildman–Crippen LogP) is 8.42. The molecule has 0 saturated heterocycles. The number of rotatable bonds is 4. The molecule has 2 atom stereocenters. The van der Waals surface area contributed by atoms with Crippen LogP contribution in [0.2, 0.25) is 0 Å². The van der Waals surface area contributed by atoms with Crippen molar-refractivity contribution in [2.24, 2.45) is 15.8 Å². The van der Waals surface area contributed by atoms with Crippen LogP contribution in [-0.2, 0) is 22.4 Å². The van der Waals surface area contributed by atoms with Crippen LogP contribution in [0.15, 0.2) is 109 Å². The van der Waals surface area contributed by atoms with E-state index in [9.17, 15) is 4.79 Å². The van der Waals surface area contributed by atoms with E-state index in [4.69, 9.17) is 14.5 Å². The first-order chi connectivity index (χ1) is 20.3. The highest BCUT2D eigenvalue weighted by Crippen LogP contribution is 2.48. The summed E-state index contributed by atoms with van der Waals surface area (Å²) in [4.78, 5) is 19.6. The maximum Gasteiger partial charge on any atom is 0.322 e. The number of ether oxygens (including phenoxy) is 2. The van der Waals surface area contributed by atoms with E-state index in [2.05, 4.69) is 56.1 Å². The summed E-state index contributed by atoms with van der Waals surface area (Å²) >= 11 is 0. The van der Waals surface area contributed by atoms with Gasteiger partial charge in [0.25, 0.3) is 11.6 Å². The number of fused-ring (bicyclic) bond motifs is 4. The number of para-hydroxylation sites is 1. The number of benzene rings is 4. The Morgan fingerprint density at radius 1 is 1.05 bits per heavy atom. The number of anilines is 1. The lowest BCUT2D eigenvalue weighted by Crippen LogP contribution is -2.54. The summed E-state index contributed by atoms with van der Waals surface area (Å²) in [6.07, 6.45) is 8.60. The second-order valence-electron chi connectivity index (χ2n) is 12.6. The van der Waals surface area contributed by atoms with Crippen molar-refractivity contribution in [2.75, 3.05) is 5.32 Å². The minimum atomic E-state index is -1.14. The number of carbonyl (C=O) groups is 1. The van der Waals surface area contributed by atoms with Gasteiger partial charge in [-0.3, -0.25) is 4.79 Å². The standard InChI is InChI=1S/C37H34N2O3/c1-4-25-15-16-27-17-18-31-32(29(27)21-25)38-33(37(42-31)23-28-13-8-9-14-30(28)39-37)41-34(40)36(20-10-19-35(2,3)24-36)22-26-11-6-5-7-12-26/h4-18,20-21,39H,1,19,22-24H2,2-3H3. The van der Waals surface area contributed by atoms with Crippen LogP contribution >= 0.6 is 0 Å². The van der Waals surface area contributed by atoms with Gasteiger partial charge in [-0.1, -0.05) is 105 Å². The van der Waals surface area contributed by atoms with Crippen LogP contribution in [0.5, 0.6) is 5.75 Å². The minimum Gasteiger partial charge on any atom is -0.456 e. The average Bonchev–Trinajstić information content (AvgIpc) is 3.35. The molecule has 4 aromatic carbocycles. The maximum absolute atomic E-state index is 14.5. The molecule has 3 aliphatic rings. The molecule has 1 aliphatic carbocycles. The number of nitrogens with one attached hydrogen (secondary N) is 1. The first kappa shape index (κ1) is 26.3. The molecule has 0 saturated carbocycles.